The number of methoxy groups -OCH3 is 1. The van der Waals surface area contributed by atoms with Crippen LogP contribution in [-0.4, -0.2) is 32.9 Å². The predicted octanol–water partition coefficient (Wildman–Crippen LogP) is 2.66. The number of thiocarbonyl (C=S) groups is 1. The Bertz CT molecular complexity index is 742. The second-order valence-electron chi connectivity index (χ2n) is 5.87. The minimum atomic E-state index is -0.458. The van der Waals surface area contributed by atoms with Gasteiger partial charge in [-0.1, -0.05) is 23.7 Å². The first kappa shape index (κ1) is 19.4. The molecule has 0 aliphatic heterocycles. The molecule has 7 heteroatoms. The molecule has 3 N–H and O–H groups in total. The van der Waals surface area contributed by atoms with Gasteiger partial charge in [-0.05, 0) is 42.5 Å². The molecule has 0 radical (unpaired) electrons. The number of nitrogens with one attached hydrogen (secondary N) is 3. The Morgan fingerprint density at radius 2 is 2.04 bits per heavy atom. The number of rotatable bonds is 6. The second-order valence-corrected chi connectivity index (χ2v) is 6.69. The first-order valence-electron chi connectivity index (χ1n) is 7.84. The Kier molecular flexibility index (Phi) is 6.99. The van der Waals surface area contributed by atoms with E-state index in [1.54, 1.807) is 13.2 Å². The van der Waals surface area contributed by atoms with E-state index >= 15 is 0 Å². The highest BCUT2D eigenvalue weighted by Gasteiger charge is 2.18. The molecule has 25 heavy (non-hydrogen) atoms. The fourth-order valence-electron chi connectivity index (χ4n) is 2.46. The lowest BCUT2D eigenvalue weighted by Crippen LogP contribution is -3.07. The van der Waals surface area contributed by atoms with E-state index in [1.807, 2.05) is 18.2 Å². The third kappa shape index (κ3) is 5.56. The SMILES string of the molecule is COc1cccc([C@@H](CNC(=S)Nc2ccc(F)c(Cl)c2)[NH+](C)C)c1. The normalized spacial score (nSPS) is 11.9. The first-order chi connectivity index (χ1) is 11.9. The van der Waals surface area contributed by atoms with Crippen LogP contribution in [0.15, 0.2) is 42.5 Å². The number of quaternary nitrogens is 1. The minimum Gasteiger partial charge on any atom is -0.497 e. The summed E-state index contributed by atoms with van der Waals surface area (Å²) >= 11 is 11.1. The van der Waals surface area contributed by atoms with Gasteiger partial charge in [-0.3, -0.25) is 0 Å². The van der Waals surface area contributed by atoms with Crippen LogP contribution in [0.2, 0.25) is 5.02 Å². The third-order valence-electron chi connectivity index (χ3n) is 3.84. The van der Waals surface area contributed by atoms with Gasteiger partial charge >= 0.3 is 0 Å². The molecule has 0 aliphatic carbocycles. The summed E-state index contributed by atoms with van der Waals surface area (Å²) in [6.07, 6.45) is 0. The summed E-state index contributed by atoms with van der Waals surface area (Å²) in [7, 11) is 5.83. The van der Waals surface area contributed by atoms with Crippen molar-refractivity contribution in [3.8, 4) is 5.75 Å². The molecular formula is C18H22ClFN3OS+. The molecule has 1 atom stereocenters. The molecule has 0 aliphatic rings. The zero-order chi connectivity index (χ0) is 18.4. The summed E-state index contributed by atoms with van der Waals surface area (Å²) in [4.78, 5) is 1.26. The van der Waals surface area contributed by atoms with Crippen LogP contribution in [-0.2, 0) is 0 Å². The fraction of sp³-hybridized carbons (Fsp3) is 0.278. The van der Waals surface area contributed by atoms with Gasteiger partial charge in [-0.2, -0.15) is 0 Å². The van der Waals surface area contributed by atoms with Gasteiger partial charge in [0.2, 0.25) is 0 Å². The third-order valence-corrected chi connectivity index (χ3v) is 4.37. The molecule has 0 bridgehead atoms. The molecule has 4 nitrogen and oxygen atoms in total. The van der Waals surface area contributed by atoms with Crippen LogP contribution >= 0.6 is 23.8 Å². The zero-order valence-corrected chi connectivity index (χ0v) is 16.0. The van der Waals surface area contributed by atoms with Gasteiger partial charge in [0.15, 0.2) is 5.11 Å². The Balaban J connectivity index is 2.00. The fourth-order valence-corrected chi connectivity index (χ4v) is 2.84. The van der Waals surface area contributed by atoms with Crippen LogP contribution in [0.5, 0.6) is 5.75 Å². The second kappa shape index (κ2) is 8.99. The molecule has 2 rings (SSSR count). The van der Waals surface area contributed by atoms with Gasteiger partial charge in [0.1, 0.15) is 17.6 Å². The van der Waals surface area contributed by atoms with E-state index in [1.165, 1.54) is 17.0 Å². The average Bonchev–Trinajstić information content (AvgIpc) is 2.58. The summed E-state index contributed by atoms with van der Waals surface area (Å²) in [6.45, 7) is 0.635. The molecular weight excluding hydrogens is 361 g/mol. The Labute approximate surface area is 157 Å². The summed E-state index contributed by atoms with van der Waals surface area (Å²) in [5.74, 6) is 0.366. The summed E-state index contributed by atoms with van der Waals surface area (Å²) in [6, 6.07) is 12.6. The number of anilines is 1. The number of hydrogen-bond acceptors (Lipinski definition) is 2. The van der Waals surface area contributed by atoms with E-state index in [0.717, 1.165) is 11.3 Å². The molecule has 0 unspecified atom stereocenters. The van der Waals surface area contributed by atoms with Crippen molar-refractivity contribution in [2.24, 2.45) is 0 Å². The Morgan fingerprint density at radius 3 is 2.68 bits per heavy atom. The quantitative estimate of drug-likeness (QED) is 0.671. The highest BCUT2D eigenvalue weighted by molar-refractivity contribution is 7.80. The lowest BCUT2D eigenvalue weighted by atomic mass is 10.1. The lowest BCUT2D eigenvalue weighted by Gasteiger charge is -2.23. The zero-order valence-electron chi connectivity index (χ0n) is 14.4. The summed E-state index contributed by atoms with van der Waals surface area (Å²) in [5.41, 5.74) is 1.79. The van der Waals surface area contributed by atoms with Crippen molar-refractivity contribution < 1.29 is 14.0 Å². The molecule has 0 amide bonds. The van der Waals surface area contributed by atoms with Crippen molar-refractivity contribution in [3.05, 3.63) is 58.9 Å². The van der Waals surface area contributed by atoms with E-state index < -0.39 is 5.82 Å². The number of ether oxygens (including phenoxy) is 1. The maximum atomic E-state index is 13.2. The van der Waals surface area contributed by atoms with Crippen molar-refractivity contribution in [2.75, 3.05) is 33.1 Å². The van der Waals surface area contributed by atoms with Crippen molar-refractivity contribution in [3.63, 3.8) is 0 Å². The van der Waals surface area contributed by atoms with Gasteiger partial charge < -0.3 is 20.3 Å². The van der Waals surface area contributed by atoms with Crippen LogP contribution in [0.1, 0.15) is 11.6 Å². The minimum absolute atomic E-state index is 0.0554. The Hall–Kier alpha value is -1.89. The standard InChI is InChI=1S/C18H21ClFN3OS/c1-23(2)17(12-5-4-6-14(9-12)24-3)11-21-18(25)22-13-7-8-16(20)15(19)10-13/h4-10,17H,11H2,1-3H3,(H2,21,22,25)/p+1/t17-/m1/s1. The predicted molar refractivity (Wildman–Crippen MR) is 104 cm³/mol. The van der Waals surface area contributed by atoms with E-state index in [0.29, 0.717) is 17.3 Å². The average molecular weight is 383 g/mol. The van der Waals surface area contributed by atoms with Gasteiger partial charge in [0, 0.05) is 11.3 Å². The maximum Gasteiger partial charge on any atom is 0.171 e. The molecule has 0 spiro atoms. The van der Waals surface area contributed by atoms with Gasteiger partial charge in [-0.25, -0.2) is 4.39 Å². The van der Waals surface area contributed by atoms with Crippen LogP contribution < -0.4 is 20.3 Å². The molecule has 2 aromatic carbocycles. The smallest absolute Gasteiger partial charge is 0.171 e. The highest BCUT2D eigenvalue weighted by atomic mass is 35.5. The summed E-state index contributed by atoms with van der Waals surface area (Å²) in [5, 5.41) is 6.73. The van der Waals surface area contributed by atoms with Crippen molar-refractivity contribution >= 4 is 34.6 Å². The number of likely N-dealkylation sites (N-methyl/N-ethyl adjacent to an activating group) is 1. The van der Waals surface area contributed by atoms with Crippen LogP contribution in [0.3, 0.4) is 0 Å². The molecule has 0 fully saturated rings. The van der Waals surface area contributed by atoms with E-state index in [9.17, 15) is 4.39 Å². The lowest BCUT2D eigenvalue weighted by molar-refractivity contribution is -0.890. The van der Waals surface area contributed by atoms with Crippen molar-refractivity contribution in [2.45, 2.75) is 6.04 Å². The van der Waals surface area contributed by atoms with Crippen LogP contribution in [0.25, 0.3) is 0 Å². The van der Waals surface area contributed by atoms with E-state index in [2.05, 4.69) is 30.8 Å². The van der Waals surface area contributed by atoms with Gasteiger partial charge in [0.25, 0.3) is 0 Å². The van der Waals surface area contributed by atoms with E-state index in [-0.39, 0.29) is 11.1 Å². The molecule has 0 aromatic heterocycles. The number of hydrogen-bond donors (Lipinski definition) is 3. The monoisotopic (exact) mass is 382 g/mol. The molecule has 134 valence electrons. The molecule has 0 saturated heterocycles. The number of halogens is 2. The van der Waals surface area contributed by atoms with Gasteiger partial charge in [-0.15, -0.1) is 0 Å². The summed E-state index contributed by atoms with van der Waals surface area (Å²) < 4.78 is 18.5. The molecule has 0 saturated carbocycles. The molecule has 2 aromatic rings. The molecule has 0 heterocycles. The largest absolute Gasteiger partial charge is 0.497 e. The number of benzene rings is 2. The van der Waals surface area contributed by atoms with E-state index in [4.69, 9.17) is 28.6 Å². The highest BCUT2D eigenvalue weighted by Crippen LogP contribution is 2.19. The first-order valence-corrected chi connectivity index (χ1v) is 8.63. The topological polar surface area (TPSA) is 37.7 Å². The van der Waals surface area contributed by atoms with Gasteiger partial charge in [0.05, 0.1) is 32.8 Å². The Morgan fingerprint density at radius 1 is 1.28 bits per heavy atom. The maximum absolute atomic E-state index is 13.2. The van der Waals surface area contributed by atoms with Crippen molar-refractivity contribution in [1.29, 1.82) is 0 Å². The van der Waals surface area contributed by atoms with Crippen LogP contribution in [0, 0.1) is 5.82 Å². The van der Waals surface area contributed by atoms with Crippen molar-refractivity contribution in [1.82, 2.24) is 5.32 Å². The van der Waals surface area contributed by atoms with Crippen LogP contribution in [0.4, 0.5) is 10.1 Å².